The van der Waals surface area contributed by atoms with Crippen molar-refractivity contribution in [2.45, 2.75) is 57.3 Å². The number of hydrogen-bond donors (Lipinski definition) is 1. The second-order valence-corrected chi connectivity index (χ2v) is 5.48. The molecule has 3 unspecified atom stereocenters. The average Bonchev–Trinajstić information content (AvgIpc) is 2.90. The molecule has 4 nitrogen and oxygen atoms in total. The van der Waals surface area contributed by atoms with Gasteiger partial charge in [-0.1, -0.05) is 13.8 Å². The van der Waals surface area contributed by atoms with Gasteiger partial charge in [0.15, 0.2) is 4.77 Å². The maximum absolute atomic E-state index is 5.89. The third-order valence-corrected chi connectivity index (χ3v) is 3.94. The van der Waals surface area contributed by atoms with E-state index in [1.165, 1.54) is 12.8 Å². The van der Waals surface area contributed by atoms with Crippen LogP contribution in [0.2, 0.25) is 0 Å². The summed E-state index contributed by atoms with van der Waals surface area (Å²) in [4.78, 5) is 0. The van der Waals surface area contributed by atoms with Crippen LogP contribution in [-0.2, 0) is 4.74 Å². The molecule has 0 aromatic carbocycles. The number of hydrogen-bond acceptors (Lipinski definition) is 3. The van der Waals surface area contributed by atoms with Crippen molar-refractivity contribution in [3.05, 3.63) is 10.6 Å². The predicted molar refractivity (Wildman–Crippen MR) is 63.0 cm³/mol. The van der Waals surface area contributed by atoms with E-state index in [2.05, 4.69) is 28.6 Å². The predicted octanol–water partition coefficient (Wildman–Crippen LogP) is 2.56. The minimum absolute atomic E-state index is 0.354. The number of nitrogens with one attached hydrogen (secondary N) is 1. The van der Waals surface area contributed by atoms with Crippen LogP contribution in [-0.4, -0.2) is 27.0 Å². The summed E-state index contributed by atoms with van der Waals surface area (Å²) in [5.41, 5.74) is 0. The lowest BCUT2D eigenvalue weighted by Crippen LogP contribution is -2.23. The van der Waals surface area contributed by atoms with E-state index in [1.807, 2.05) is 0 Å². The first-order valence-electron chi connectivity index (χ1n) is 5.99. The Hall–Kier alpha value is -0.680. The summed E-state index contributed by atoms with van der Waals surface area (Å²) >= 11 is 5.33. The molecule has 3 atom stereocenters. The topological polar surface area (TPSA) is 42.8 Å². The van der Waals surface area contributed by atoms with Crippen LogP contribution < -0.4 is 0 Å². The molecule has 0 radical (unpaired) electrons. The first-order valence-corrected chi connectivity index (χ1v) is 6.40. The maximum Gasteiger partial charge on any atom is 0.195 e. The minimum Gasteiger partial charge on any atom is -0.373 e. The van der Waals surface area contributed by atoms with Gasteiger partial charge >= 0.3 is 0 Å². The zero-order chi connectivity index (χ0) is 11.3. The zero-order valence-electron chi connectivity index (χ0n) is 9.64. The van der Waals surface area contributed by atoms with Crippen LogP contribution in [0.5, 0.6) is 0 Å². The molecule has 0 amide bonds. The number of nitrogens with zero attached hydrogens (tertiary/aromatic N) is 2. The van der Waals surface area contributed by atoms with E-state index in [-0.39, 0.29) is 0 Å². The largest absolute Gasteiger partial charge is 0.373 e. The number of fused-ring (bicyclic) bond motifs is 2. The highest BCUT2D eigenvalue weighted by atomic mass is 32.1. The molecule has 16 heavy (non-hydrogen) atoms. The Kier molecular flexibility index (Phi) is 2.40. The number of H-pyrrole nitrogens is 1. The smallest absolute Gasteiger partial charge is 0.195 e. The average molecular weight is 239 g/mol. The number of aromatic nitrogens is 3. The van der Waals surface area contributed by atoms with Crippen LogP contribution in [0.3, 0.4) is 0 Å². The van der Waals surface area contributed by atoms with Gasteiger partial charge in [0.1, 0.15) is 5.82 Å². The Morgan fingerprint density at radius 2 is 2.31 bits per heavy atom. The summed E-state index contributed by atoms with van der Waals surface area (Å²) in [6.07, 6.45) is 4.28. The Morgan fingerprint density at radius 3 is 2.88 bits per heavy atom. The summed E-state index contributed by atoms with van der Waals surface area (Å²) in [5.74, 6) is 1.46. The third kappa shape index (κ3) is 1.45. The molecule has 88 valence electrons. The van der Waals surface area contributed by atoms with Crippen LogP contribution in [0.25, 0.3) is 0 Å². The number of ether oxygens (including phenoxy) is 1. The Bertz CT molecular complexity index is 450. The SMILES string of the molecule is CC(C)c1n[nH]c(=S)n1C1CC2CCC1O2. The Balaban J connectivity index is 2.00. The van der Waals surface area contributed by atoms with Crippen molar-refractivity contribution >= 4 is 12.2 Å². The second kappa shape index (κ2) is 3.67. The molecule has 0 saturated carbocycles. The maximum atomic E-state index is 5.89. The molecule has 2 fully saturated rings. The van der Waals surface area contributed by atoms with E-state index in [0.717, 1.165) is 17.0 Å². The van der Waals surface area contributed by atoms with Crippen LogP contribution in [0.4, 0.5) is 0 Å². The van der Waals surface area contributed by atoms with Gasteiger partial charge in [-0.25, -0.2) is 0 Å². The molecule has 1 aromatic rings. The number of rotatable bonds is 2. The summed E-state index contributed by atoms with van der Waals surface area (Å²) in [5, 5.41) is 7.25. The van der Waals surface area contributed by atoms with Gasteiger partial charge in [-0.15, -0.1) is 0 Å². The van der Waals surface area contributed by atoms with Gasteiger partial charge in [0.25, 0.3) is 0 Å². The second-order valence-electron chi connectivity index (χ2n) is 5.09. The highest BCUT2D eigenvalue weighted by molar-refractivity contribution is 7.71. The standard InChI is InChI=1S/C11H17N3OS/c1-6(2)10-12-13-11(16)14(10)8-5-7-3-4-9(8)15-7/h6-9H,3-5H2,1-2H3,(H,13,16). The van der Waals surface area contributed by atoms with Gasteiger partial charge in [0.05, 0.1) is 18.2 Å². The van der Waals surface area contributed by atoms with E-state index in [9.17, 15) is 0 Å². The van der Waals surface area contributed by atoms with Crippen molar-refractivity contribution in [2.75, 3.05) is 0 Å². The van der Waals surface area contributed by atoms with Crippen LogP contribution in [0.15, 0.2) is 0 Å². The summed E-state index contributed by atoms with van der Waals surface area (Å²) in [6.45, 7) is 4.30. The van der Waals surface area contributed by atoms with Crippen molar-refractivity contribution < 1.29 is 4.74 Å². The lowest BCUT2D eigenvalue weighted by Gasteiger charge is -2.22. The van der Waals surface area contributed by atoms with E-state index in [4.69, 9.17) is 17.0 Å². The van der Waals surface area contributed by atoms with E-state index >= 15 is 0 Å². The fourth-order valence-corrected chi connectivity index (χ4v) is 3.20. The molecular formula is C11H17N3OS. The fraction of sp³-hybridized carbons (Fsp3) is 0.818. The Labute approximate surface area is 100 Å². The van der Waals surface area contributed by atoms with Gasteiger partial charge in [0.2, 0.25) is 0 Å². The van der Waals surface area contributed by atoms with Gasteiger partial charge in [-0.3, -0.25) is 9.67 Å². The summed E-state index contributed by atoms with van der Waals surface area (Å²) in [7, 11) is 0. The molecule has 1 aromatic heterocycles. The molecule has 2 bridgehead atoms. The monoisotopic (exact) mass is 239 g/mol. The molecule has 0 aliphatic carbocycles. The molecule has 3 rings (SSSR count). The highest BCUT2D eigenvalue weighted by Gasteiger charge is 2.42. The van der Waals surface area contributed by atoms with Crippen molar-refractivity contribution in [1.82, 2.24) is 14.8 Å². The Morgan fingerprint density at radius 1 is 1.50 bits per heavy atom. The van der Waals surface area contributed by atoms with Crippen molar-refractivity contribution in [1.29, 1.82) is 0 Å². The van der Waals surface area contributed by atoms with Gasteiger partial charge in [0, 0.05) is 5.92 Å². The quantitative estimate of drug-likeness (QED) is 0.807. The van der Waals surface area contributed by atoms with Crippen LogP contribution in [0, 0.1) is 4.77 Å². The molecule has 3 heterocycles. The van der Waals surface area contributed by atoms with E-state index < -0.39 is 0 Å². The molecular weight excluding hydrogens is 222 g/mol. The first kappa shape index (κ1) is 10.5. The van der Waals surface area contributed by atoms with E-state index in [1.54, 1.807) is 0 Å². The number of aromatic amines is 1. The van der Waals surface area contributed by atoms with Crippen molar-refractivity contribution in [3.8, 4) is 0 Å². The molecule has 2 aliphatic rings. The highest BCUT2D eigenvalue weighted by Crippen LogP contribution is 2.42. The van der Waals surface area contributed by atoms with E-state index in [0.29, 0.717) is 24.2 Å². The lowest BCUT2D eigenvalue weighted by molar-refractivity contribution is 0.0931. The third-order valence-electron chi connectivity index (χ3n) is 3.65. The molecule has 2 aliphatic heterocycles. The molecule has 0 spiro atoms. The molecule has 2 saturated heterocycles. The van der Waals surface area contributed by atoms with Gasteiger partial charge in [-0.2, -0.15) is 5.10 Å². The normalized spacial score (nSPS) is 32.8. The van der Waals surface area contributed by atoms with Crippen molar-refractivity contribution in [3.63, 3.8) is 0 Å². The molecule has 5 heteroatoms. The molecule has 1 N–H and O–H groups in total. The first-order chi connectivity index (χ1) is 7.66. The summed E-state index contributed by atoms with van der Waals surface area (Å²) < 4.78 is 8.81. The van der Waals surface area contributed by atoms with Gasteiger partial charge < -0.3 is 4.74 Å². The van der Waals surface area contributed by atoms with Crippen LogP contribution in [0.1, 0.15) is 50.9 Å². The lowest BCUT2D eigenvalue weighted by atomic mass is 9.95. The van der Waals surface area contributed by atoms with Crippen molar-refractivity contribution in [2.24, 2.45) is 0 Å². The minimum atomic E-state index is 0.354. The van der Waals surface area contributed by atoms with Gasteiger partial charge in [-0.05, 0) is 31.5 Å². The zero-order valence-corrected chi connectivity index (χ0v) is 10.5. The fourth-order valence-electron chi connectivity index (χ4n) is 2.93. The van der Waals surface area contributed by atoms with Crippen LogP contribution >= 0.6 is 12.2 Å². The summed E-state index contributed by atoms with van der Waals surface area (Å²) in [6, 6.07) is 0.405.